The second kappa shape index (κ2) is 8.52. The van der Waals surface area contributed by atoms with Crippen LogP contribution in [0.3, 0.4) is 0 Å². The van der Waals surface area contributed by atoms with E-state index >= 15 is 0 Å². The number of benzene rings is 1. The fraction of sp³-hybridized carbons (Fsp3) is 0.550. The molecular weight excluding hydrogens is 348 g/mol. The van der Waals surface area contributed by atoms with Crippen LogP contribution in [-0.2, 0) is 20.8 Å². The van der Waals surface area contributed by atoms with Crippen molar-refractivity contribution in [2.45, 2.75) is 60.4 Å². The molecule has 1 rings (SSSR count). The Morgan fingerprint density at radius 2 is 1.59 bits per heavy atom. The number of carbonyl (C=O) groups excluding carboxylic acids is 3. The molecule has 0 aliphatic carbocycles. The van der Waals surface area contributed by atoms with Gasteiger partial charge in [0.1, 0.15) is 0 Å². The van der Waals surface area contributed by atoms with Crippen LogP contribution in [0.15, 0.2) is 18.2 Å². The molecule has 0 fully saturated rings. The Labute approximate surface area is 160 Å². The number of nitrogens with two attached hydrogens (primary N) is 2. The lowest BCUT2D eigenvalue weighted by molar-refractivity contribution is -0.144. The van der Waals surface area contributed by atoms with Gasteiger partial charge in [-0.1, -0.05) is 26.8 Å². The molecule has 0 aromatic heterocycles. The molecule has 0 radical (unpaired) electrons. The summed E-state index contributed by atoms with van der Waals surface area (Å²) in [6.45, 7) is 10.9. The van der Waals surface area contributed by atoms with Crippen LogP contribution in [0.4, 0.5) is 0 Å². The number of rotatable bonds is 6. The molecule has 0 spiro atoms. The third-order valence-corrected chi connectivity index (χ3v) is 3.54. The molecule has 150 valence electrons. The maximum atomic E-state index is 12.3. The topological polar surface area (TPSA) is 122 Å². The van der Waals surface area contributed by atoms with E-state index in [1.165, 1.54) is 12.1 Å². The van der Waals surface area contributed by atoms with E-state index in [2.05, 4.69) is 0 Å². The number of esters is 2. The summed E-state index contributed by atoms with van der Waals surface area (Å²) < 4.78 is 10.9. The average Bonchev–Trinajstić information content (AvgIpc) is 2.46. The van der Waals surface area contributed by atoms with Crippen molar-refractivity contribution in [3.8, 4) is 11.5 Å². The summed E-state index contributed by atoms with van der Waals surface area (Å²) in [5.41, 5.74) is 10.5. The summed E-state index contributed by atoms with van der Waals surface area (Å²) in [6.07, 6.45) is 0.375. The van der Waals surface area contributed by atoms with E-state index in [0.717, 1.165) is 0 Å². The first-order valence-corrected chi connectivity index (χ1v) is 8.80. The first-order valence-electron chi connectivity index (χ1n) is 8.80. The van der Waals surface area contributed by atoms with E-state index < -0.39 is 29.3 Å². The number of hydrogen-bond acceptors (Lipinski definition) is 6. The lowest BCUT2D eigenvalue weighted by Gasteiger charge is -2.20. The second-order valence-corrected chi connectivity index (χ2v) is 8.85. The van der Waals surface area contributed by atoms with E-state index in [4.69, 9.17) is 20.9 Å². The Morgan fingerprint density at radius 3 is 2.07 bits per heavy atom. The molecule has 0 aliphatic heterocycles. The summed E-state index contributed by atoms with van der Waals surface area (Å²) in [6, 6.07) is 3.84. The molecule has 7 heteroatoms. The quantitative estimate of drug-likeness (QED) is 0.579. The smallest absolute Gasteiger partial charge is 0.316 e. The first kappa shape index (κ1) is 22.6. The van der Waals surface area contributed by atoms with Crippen LogP contribution in [-0.4, -0.2) is 23.9 Å². The Kier molecular flexibility index (Phi) is 7.14. The van der Waals surface area contributed by atoms with Gasteiger partial charge in [-0.15, -0.1) is 0 Å². The van der Waals surface area contributed by atoms with E-state index in [1.807, 2.05) is 20.8 Å². The normalized spacial score (nSPS) is 13.0. The standard InChI is InChI=1S/C20H30N2O5/c1-19(2,3)11-16(23)26-14-8-7-12(9-13(21)17(22)24)10-15(14)27-18(25)20(4,5)6/h7-8,10,13H,9,11,21H2,1-6H3,(H2,22,24)/t13-/m0/s1. The predicted molar refractivity (Wildman–Crippen MR) is 102 cm³/mol. The third kappa shape index (κ3) is 7.78. The zero-order chi connectivity index (χ0) is 21.0. The molecule has 7 nitrogen and oxygen atoms in total. The molecular formula is C20H30N2O5. The molecule has 0 bridgehead atoms. The molecule has 1 atom stereocenters. The Morgan fingerprint density at radius 1 is 1.00 bits per heavy atom. The molecule has 0 unspecified atom stereocenters. The molecule has 0 heterocycles. The minimum Gasteiger partial charge on any atom is -0.423 e. The number of primary amides is 1. The van der Waals surface area contributed by atoms with Crippen molar-refractivity contribution in [3.63, 3.8) is 0 Å². The fourth-order valence-corrected chi connectivity index (χ4v) is 2.04. The molecule has 1 amide bonds. The van der Waals surface area contributed by atoms with E-state index in [9.17, 15) is 14.4 Å². The number of hydrogen-bond donors (Lipinski definition) is 2. The van der Waals surface area contributed by atoms with Crippen molar-refractivity contribution in [1.82, 2.24) is 0 Å². The summed E-state index contributed by atoms with van der Waals surface area (Å²) >= 11 is 0. The highest BCUT2D eigenvalue weighted by atomic mass is 16.6. The second-order valence-electron chi connectivity index (χ2n) is 8.85. The van der Waals surface area contributed by atoms with Crippen molar-refractivity contribution in [2.24, 2.45) is 22.3 Å². The summed E-state index contributed by atoms with van der Waals surface area (Å²) in [4.78, 5) is 35.6. The van der Waals surface area contributed by atoms with Gasteiger partial charge in [-0.2, -0.15) is 0 Å². The Hall–Kier alpha value is -2.41. The molecule has 27 heavy (non-hydrogen) atoms. The monoisotopic (exact) mass is 378 g/mol. The van der Waals surface area contributed by atoms with Gasteiger partial charge in [0.25, 0.3) is 0 Å². The highest BCUT2D eigenvalue weighted by molar-refractivity contribution is 5.81. The minimum atomic E-state index is -0.870. The van der Waals surface area contributed by atoms with Crippen LogP contribution in [0.1, 0.15) is 53.5 Å². The van der Waals surface area contributed by atoms with Crippen molar-refractivity contribution >= 4 is 17.8 Å². The highest BCUT2D eigenvalue weighted by Gasteiger charge is 2.26. The zero-order valence-corrected chi connectivity index (χ0v) is 16.9. The number of amides is 1. The van der Waals surface area contributed by atoms with Gasteiger partial charge >= 0.3 is 11.9 Å². The van der Waals surface area contributed by atoms with Crippen LogP contribution in [0, 0.1) is 10.8 Å². The van der Waals surface area contributed by atoms with Gasteiger partial charge in [0, 0.05) is 0 Å². The lowest BCUT2D eigenvalue weighted by atomic mass is 9.92. The third-order valence-electron chi connectivity index (χ3n) is 3.54. The van der Waals surface area contributed by atoms with Crippen LogP contribution in [0.25, 0.3) is 0 Å². The lowest BCUT2D eigenvalue weighted by Crippen LogP contribution is -2.38. The van der Waals surface area contributed by atoms with Crippen LogP contribution >= 0.6 is 0 Å². The van der Waals surface area contributed by atoms with Crippen molar-refractivity contribution < 1.29 is 23.9 Å². The Balaban J connectivity index is 3.14. The maximum absolute atomic E-state index is 12.3. The van der Waals surface area contributed by atoms with E-state index in [-0.39, 0.29) is 29.8 Å². The Bertz CT molecular complexity index is 714. The van der Waals surface area contributed by atoms with Crippen molar-refractivity contribution in [1.29, 1.82) is 0 Å². The van der Waals surface area contributed by atoms with Gasteiger partial charge in [-0.25, -0.2) is 0 Å². The molecule has 0 saturated heterocycles. The molecule has 0 aliphatic rings. The predicted octanol–water partition coefficient (Wildman–Crippen LogP) is 2.33. The number of carbonyl (C=O) groups is 3. The largest absolute Gasteiger partial charge is 0.423 e. The van der Waals surface area contributed by atoms with Gasteiger partial charge < -0.3 is 20.9 Å². The van der Waals surface area contributed by atoms with Gasteiger partial charge in [-0.3, -0.25) is 14.4 Å². The van der Waals surface area contributed by atoms with Crippen LogP contribution in [0.2, 0.25) is 0 Å². The van der Waals surface area contributed by atoms with Crippen LogP contribution in [0.5, 0.6) is 11.5 Å². The highest BCUT2D eigenvalue weighted by Crippen LogP contribution is 2.32. The zero-order valence-electron chi connectivity index (χ0n) is 16.9. The molecule has 1 aromatic carbocycles. The van der Waals surface area contributed by atoms with Gasteiger partial charge in [0.2, 0.25) is 5.91 Å². The summed E-state index contributed by atoms with van der Waals surface area (Å²) in [5.74, 6) is -1.31. The van der Waals surface area contributed by atoms with E-state index in [1.54, 1.807) is 26.8 Å². The SMILES string of the molecule is CC(C)(C)CC(=O)Oc1ccc(C[C@H](N)C(N)=O)cc1OC(=O)C(C)(C)C. The maximum Gasteiger partial charge on any atom is 0.316 e. The minimum absolute atomic E-state index is 0.103. The molecule has 4 N–H and O–H groups in total. The fourth-order valence-electron chi connectivity index (χ4n) is 2.04. The van der Waals surface area contributed by atoms with Crippen molar-refractivity contribution in [3.05, 3.63) is 23.8 Å². The van der Waals surface area contributed by atoms with Gasteiger partial charge in [0.05, 0.1) is 17.9 Å². The summed E-state index contributed by atoms with van der Waals surface area (Å²) in [5, 5.41) is 0. The van der Waals surface area contributed by atoms with E-state index in [0.29, 0.717) is 5.56 Å². The summed E-state index contributed by atoms with van der Waals surface area (Å²) in [7, 11) is 0. The number of ether oxygens (including phenoxy) is 2. The first-order chi connectivity index (χ1) is 12.2. The molecule has 0 saturated carbocycles. The van der Waals surface area contributed by atoms with Gasteiger partial charge in [0.15, 0.2) is 11.5 Å². The van der Waals surface area contributed by atoms with Crippen LogP contribution < -0.4 is 20.9 Å². The van der Waals surface area contributed by atoms with Crippen molar-refractivity contribution in [2.75, 3.05) is 0 Å². The molecule has 1 aromatic rings. The van der Waals surface area contributed by atoms with Gasteiger partial charge in [-0.05, 0) is 50.3 Å². The average molecular weight is 378 g/mol.